The number of esters is 2. The number of thioether (sulfide) groups is 1. The number of methoxy groups -OCH3 is 2. The zero-order valence-corrected chi connectivity index (χ0v) is 29.9. The van der Waals surface area contributed by atoms with Crippen LogP contribution >= 0.6 is 11.8 Å². The number of hydrogen-bond donors (Lipinski definition) is 1. The van der Waals surface area contributed by atoms with Crippen LogP contribution < -0.4 is 29.0 Å². The average Bonchev–Trinajstić information content (AvgIpc) is 3.58. The molecular weight excluding hydrogens is 664 g/mol. The number of ether oxygens (including phenoxy) is 7. The molecule has 8 rings (SSSR count). The number of likely N-dealkylation sites (N-methyl/N-ethyl adjacent to an activating group) is 1. The fraction of sp³-hybridized carbons (Fsp3) is 0.528. The van der Waals surface area contributed by atoms with Crippen LogP contribution in [0.25, 0.3) is 0 Å². The number of nitrogens with zero attached hydrogens (tertiary/aromatic N) is 3. The van der Waals surface area contributed by atoms with Crippen LogP contribution in [0, 0.1) is 25.2 Å². The quantitative estimate of drug-likeness (QED) is 0.185. The van der Waals surface area contributed by atoms with Gasteiger partial charge in [0.15, 0.2) is 29.8 Å². The minimum atomic E-state index is -0.639. The summed E-state index contributed by atoms with van der Waals surface area (Å²) in [5, 5.41) is 13.9. The first-order valence-corrected chi connectivity index (χ1v) is 17.7. The van der Waals surface area contributed by atoms with Crippen molar-refractivity contribution in [1.29, 1.82) is 5.26 Å². The van der Waals surface area contributed by atoms with Crippen LogP contribution in [0.2, 0.25) is 0 Å². The SMILES string of the molecule is C=CCNC1CS[C@@H]2c3c(OC(C)=O)c(C)c4c(c3[C@H](COC1=O)N1[C@@H]2[C@H]2c3c(cc(C)c(OC)c3OCOC)C[C@@H]([C@@H]1C#N)N2C)OCO4. The maximum absolute atomic E-state index is 13.6. The van der Waals surface area contributed by atoms with Gasteiger partial charge in [0.1, 0.15) is 24.4 Å². The molecule has 6 aliphatic rings. The minimum absolute atomic E-state index is 0.0107. The van der Waals surface area contributed by atoms with Crippen molar-refractivity contribution >= 4 is 23.7 Å². The number of nitrogens with one attached hydrogen (secondary N) is 1. The van der Waals surface area contributed by atoms with Gasteiger partial charge >= 0.3 is 11.9 Å². The van der Waals surface area contributed by atoms with Gasteiger partial charge in [-0.3, -0.25) is 19.4 Å². The van der Waals surface area contributed by atoms with E-state index in [4.69, 9.17) is 33.2 Å². The van der Waals surface area contributed by atoms with Crippen molar-refractivity contribution in [2.24, 2.45) is 0 Å². The van der Waals surface area contributed by atoms with Gasteiger partial charge in [-0.2, -0.15) is 5.26 Å². The Hall–Kier alpha value is -4.00. The molecule has 2 fully saturated rings. The number of carbonyl (C=O) groups excluding carboxylic acids is 2. The second-order valence-corrected chi connectivity index (χ2v) is 14.3. The molecule has 2 saturated heterocycles. The van der Waals surface area contributed by atoms with E-state index in [1.165, 1.54) is 6.92 Å². The van der Waals surface area contributed by atoms with Gasteiger partial charge in [0.05, 0.1) is 30.5 Å². The third-order valence-corrected chi connectivity index (χ3v) is 11.9. The van der Waals surface area contributed by atoms with E-state index in [2.05, 4.69) is 40.9 Å². The summed E-state index contributed by atoms with van der Waals surface area (Å²) >= 11 is 1.55. The Morgan fingerprint density at radius 3 is 2.64 bits per heavy atom. The lowest BCUT2D eigenvalue weighted by atomic mass is 9.71. The molecule has 4 bridgehead atoms. The monoisotopic (exact) mass is 706 g/mol. The lowest BCUT2D eigenvalue weighted by molar-refractivity contribution is -0.151. The summed E-state index contributed by atoms with van der Waals surface area (Å²) in [4.78, 5) is 30.9. The highest BCUT2D eigenvalue weighted by Gasteiger charge is 2.60. The topological polar surface area (TPSA) is 141 Å². The molecule has 0 aromatic heterocycles. The number of rotatable bonds is 8. The highest BCUT2D eigenvalue weighted by atomic mass is 32.2. The van der Waals surface area contributed by atoms with Crippen molar-refractivity contribution < 1.29 is 42.7 Å². The fourth-order valence-corrected chi connectivity index (χ4v) is 10.1. The summed E-state index contributed by atoms with van der Waals surface area (Å²) in [6.07, 6.45) is 2.28. The highest BCUT2D eigenvalue weighted by molar-refractivity contribution is 7.99. The van der Waals surface area contributed by atoms with Crippen LogP contribution in [0.1, 0.15) is 57.6 Å². The van der Waals surface area contributed by atoms with Gasteiger partial charge < -0.3 is 38.5 Å². The van der Waals surface area contributed by atoms with E-state index in [0.29, 0.717) is 58.6 Å². The Morgan fingerprint density at radius 1 is 1.16 bits per heavy atom. The Balaban J connectivity index is 1.54. The Morgan fingerprint density at radius 2 is 1.94 bits per heavy atom. The zero-order chi connectivity index (χ0) is 35.4. The van der Waals surface area contributed by atoms with Crippen LogP contribution in [0.5, 0.6) is 28.7 Å². The molecule has 1 unspecified atom stereocenters. The van der Waals surface area contributed by atoms with Crippen LogP contribution in [0.15, 0.2) is 18.7 Å². The molecule has 0 saturated carbocycles. The molecule has 50 heavy (non-hydrogen) atoms. The molecule has 6 aliphatic heterocycles. The van der Waals surface area contributed by atoms with Gasteiger partial charge in [0, 0.05) is 60.7 Å². The maximum Gasteiger partial charge on any atom is 0.324 e. The number of hydrogen-bond acceptors (Lipinski definition) is 14. The van der Waals surface area contributed by atoms with Crippen molar-refractivity contribution in [3.05, 3.63) is 52.1 Å². The Kier molecular flexibility index (Phi) is 9.38. The summed E-state index contributed by atoms with van der Waals surface area (Å²) in [5.41, 5.74) is 5.06. The lowest BCUT2D eigenvalue weighted by Gasteiger charge is -2.61. The molecule has 0 amide bonds. The van der Waals surface area contributed by atoms with Gasteiger partial charge in [0.2, 0.25) is 6.79 Å². The molecule has 0 spiro atoms. The molecule has 1 N–H and O–H groups in total. The van der Waals surface area contributed by atoms with E-state index in [1.54, 1.807) is 32.1 Å². The van der Waals surface area contributed by atoms with E-state index in [9.17, 15) is 14.9 Å². The summed E-state index contributed by atoms with van der Waals surface area (Å²) in [6.45, 7) is 9.37. The Labute approximate surface area is 295 Å². The normalized spacial score (nSPS) is 28.0. The third-order valence-electron chi connectivity index (χ3n) is 10.5. The predicted molar refractivity (Wildman–Crippen MR) is 183 cm³/mol. The number of carbonyl (C=O) groups is 2. The first-order chi connectivity index (χ1) is 24.2. The van der Waals surface area contributed by atoms with E-state index in [0.717, 1.165) is 22.3 Å². The second-order valence-electron chi connectivity index (χ2n) is 13.2. The third kappa shape index (κ3) is 5.29. The number of aryl methyl sites for hydroxylation is 1. The minimum Gasteiger partial charge on any atom is -0.493 e. The van der Waals surface area contributed by atoms with Crippen molar-refractivity contribution in [2.45, 2.75) is 68.7 Å². The van der Waals surface area contributed by atoms with Crippen molar-refractivity contribution in [3.8, 4) is 34.8 Å². The lowest BCUT2D eigenvalue weighted by Crippen LogP contribution is -2.69. The molecule has 13 nitrogen and oxygen atoms in total. The number of nitriles is 1. The standard InChI is InChI=1S/C36H42N4O9S/c1-8-9-38-21-14-50-35-27-26(34-32(47-16-48-34)18(3)31(27)49-19(4)41)24(13-45-36(21)42)40-23(12-37)22-11-20-10-17(2)30(44-7)33(46-15-43-6)25(20)28(29(35)40)39(22)5/h8,10,21-24,28-29,35,38H,1,9,11,13-16H2,2-7H3/t21?,22-,23-,24-,28+,29+,35+/m0/s1. The van der Waals surface area contributed by atoms with E-state index < -0.39 is 41.4 Å². The van der Waals surface area contributed by atoms with Gasteiger partial charge in [0.25, 0.3) is 0 Å². The van der Waals surface area contributed by atoms with Crippen LogP contribution in [-0.4, -0.2) is 99.7 Å². The first kappa shape index (κ1) is 34.4. The molecular formula is C36H42N4O9S. The zero-order valence-electron chi connectivity index (χ0n) is 29.1. The molecule has 2 aromatic rings. The van der Waals surface area contributed by atoms with Crippen molar-refractivity contribution in [2.75, 3.05) is 53.8 Å². The smallest absolute Gasteiger partial charge is 0.324 e. The van der Waals surface area contributed by atoms with Gasteiger partial charge in [-0.05, 0) is 38.4 Å². The number of fused-ring (bicyclic) bond motifs is 10. The predicted octanol–water partition coefficient (Wildman–Crippen LogP) is 3.65. The maximum atomic E-state index is 13.6. The van der Waals surface area contributed by atoms with E-state index in [-0.39, 0.29) is 32.3 Å². The summed E-state index contributed by atoms with van der Waals surface area (Å²) in [7, 11) is 5.25. The van der Waals surface area contributed by atoms with Crippen molar-refractivity contribution in [1.82, 2.24) is 15.1 Å². The molecule has 0 radical (unpaired) electrons. The van der Waals surface area contributed by atoms with Crippen LogP contribution in [0.4, 0.5) is 0 Å². The van der Waals surface area contributed by atoms with Gasteiger partial charge in [-0.1, -0.05) is 12.1 Å². The number of benzene rings is 2. The molecule has 7 atom stereocenters. The molecule has 2 aromatic carbocycles. The number of piperazine rings is 1. The van der Waals surface area contributed by atoms with Gasteiger partial charge in [-0.15, -0.1) is 18.3 Å². The molecule has 14 heteroatoms. The van der Waals surface area contributed by atoms with Crippen LogP contribution in [-0.2, 0) is 25.5 Å². The summed E-state index contributed by atoms with van der Waals surface area (Å²) < 4.78 is 42.1. The largest absolute Gasteiger partial charge is 0.493 e. The van der Waals surface area contributed by atoms with Crippen molar-refractivity contribution in [3.63, 3.8) is 0 Å². The van der Waals surface area contributed by atoms with E-state index >= 15 is 0 Å². The summed E-state index contributed by atoms with van der Waals surface area (Å²) in [6, 6.07) is 1.98. The van der Waals surface area contributed by atoms with Crippen LogP contribution in [0.3, 0.4) is 0 Å². The first-order valence-electron chi connectivity index (χ1n) is 16.6. The van der Waals surface area contributed by atoms with Gasteiger partial charge in [-0.25, -0.2) is 0 Å². The summed E-state index contributed by atoms with van der Waals surface area (Å²) in [5.74, 6) is 2.05. The Bertz CT molecular complexity index is 1780. The molecule has 266 valence electrons. The average molecular weight is 707 g/mol. The highest BCUT2D eigenvalue weighted by Crippen LogP contribution is 2.64. The fourth-order valence-electron chi connectivity index (χ4n) is 8.57. The molecule has 6 heterocycles. The molecule has 0 aliphatic carbocycles. The second kappa shape index (κ2) is 13.6. The van der Waals surface area contributed by atoms with E-state index in [1.807, 2.05) is 13.8 Å².